The maximum Gasteiger partial charge on any atom is 0.414 e. The summed E-state index contributed by atoms with van der Waals surface area (Å²) in [5, 5.41) is 20.4. The summed E-state index contributed by atoms with van der Waals surface area (Å²) < 4.78 is 38.3. The number of hydrogen-bond acceptors (Lipinski definition) is 2. The topological polar surface area (TPSA) is 40.5 Å². The third-order valence-corrected chi connectivity index (χ3v) is 10.9. The molecule has 0 spiro atoms. The van der Waals surface area contributed by atoms with Crippen LogP contribution in [0.1, 0.15) is 98.3 Å². The van der Waals surface area contributed by atoms with Crippen molar-refractivity contribution in [3.63, 3.8) is 0 Å². The summed E-state index contributed by atoms with van der Waals surface area (Å²) in [6.07, 6.45) is 5.39. The van der Waals surface area contributed by atoms with Crippen LogP contribution in [-0.2, 0) is 0 Å². The van der Waals surface area contributed by atoms with Gasteiger partial charge in [-0.05, 0) is 111 Å². The zero-order valence-electron chi connectivity index (χ0n) is 20.3. The fourth-order valence-electron chi connectivity index (χ4n) is 8.77. The van der Waals surface area contributed by atoms with E-state index in [0.29, 0.717) is 30.1 Å². The Morgan fingerprint density at radius 3 is 2.44 bits per heavy atom. The zero-order chi connectivity index (χ0) is 23.5. The van der Waals surface area contributed by atoms with Crippen LogP contribution in [0.15, 0.2) is 11.6 Å². The Morgan fingerprint density at radius 2 is 1.78 bits per heavy atom. The third kappa shape index (κ3) is 3.97. The van der Waals surface area contributed by atoms with Crippen molar-refractivity contribution in [2.75, 3.05) is 0 Å². The quantitative estimate of drug-likeness (QED) is 0.435. The lowest BCUT2D eigenvalue weighted by Crippen LogP contribution is -2.52. The molecule has 0 aromatic carbocycles. The molecule has 3 saturated carbocycles. The van der Waals surface area contributed by atoms with Crippen LogP contribution in [0, 0.1) is 40.4 Å². The highest BCUT2D eigenvalue weighted by Gasteiger charge is 2.59. The lowest BCUT2D eigenvalue weighted by molar-refractivity contribution is -0.206. The fraction of sp³-hybridized carbons (Fsp3) is 0.926. The van der Waals surface area contributed by atoms with Gasteiger partial charge < -0.3 is 10.2 Å². The first-order chi connectivity index (χ1) is 14.8. The van der Waals surface area contributed by atoms with E-state index < -0.39 is 17.9 Å². The normalized spacial score (nSPS) is 46.0. The lowest BCUT2D eigenvalue weighted by Gasteiger charge is -2.59. The van der Waals surface area contributed by atoms with Gasteiger partial charge in [-0.25, -0.2) is 0 Å². The summed E-state index contributed by atoms with van der Waals surface area (Å²) >= 11 is 0. The molecule has 9 atom stereocenters. The molecule has 3 fully saturated rings. The van der Waals surface area contributed by atoms with E-state index in [2.05, 4.69) is 33.8 Å². The average molecular weight is 457 g/mol. The Hall–Kier alpha value is -0.550. The summed E-state index contributed by atoms with van der Waals surface area (Å²) in [5.74, 6) is 2.63. The standard InChI is InChI=1S/C27H43F3O2/c1-5-26(32)15-14-24(3)18(16-26)7-8-19-21-10-9-20(25(21,4)13-12-22(19)24)17(2)6-11-23(31)27(28,29)30/h7,17,19-23,31-32H,5-6,8-16H2,1-4H3/t17-,19+,20-,21?,22?,23-,24+,25-,26+/m1/s1. The Morgan fingerprint density at radius 1 is 1.06 bits per heavy atom. The fourth-order valence-corrected chi connectivity index (χ4v) is 8.77. The van der Waals surface area contributed by atoms with Gasteiger partial charge in [0.05, 0.1) is 5.60 Å². The van der Waals surface area contributed by atoms with Gasteiger partial charge in [0.1, 0.15) is 6.10 Å². The molecule has 4 aliphatic carbocycles. The molecule has 184 valence electrons. The number of halogens is 3. The molecule has 4 rings (SSSR count). The van der Waals surface area contributed by atoms with Crippen molar-refractivity contribution in [2.45, 2.75) is 116 Å². The second-order valence-electron chi connectivity index (χ2n) is 12.4. The molecule has 32 heavy (non-hydrogen) atoms. The first-order valence-electron chi connectivity index (χ1n) is 13.0. The first-order valence-corrected chi connectivity index (χ1v) is 13.0. The Kier molecular flexibility index (Phi) is 6.36. The minimum atomic E-state index is -4.51. The molecule has 2 N–H and O–H groups in total. The van der Waals surface area contributed by atoms with Crippen LogP contribution in [0.2, 0.25) is 0 Å². The van der Waals surface area contributed by atoms with Crippen LogP contribution >= 0.6 is 0 Å². The molecule has 0 radical (unpaired) electrons. The van der Waals surface area contributed by atoms with Crippen molar-refractivity contribution in [2.24, 2.45) is 40.4 Å². The van der Waals surface area contributed by atoms with Gasteiger partial charge in [-0.1, -0.05) is 39.3 Å². The van der Waals surface area contributed by atoms with Gasteiger partial charge >= 0.3 is 6.18 Å². The van der Waals surface area contributed by atoms with E-state index in [4.69, 9.17) is 0 Å². The molecule has 0 amide bonds. The summed E-state index contributed by atoms with van der Waals surface area (Å²) in [6.45, 7) is 9.07. The van der Waals surface area contributed by atoms with Gasteiger partial charge in [-0.2, -0.15) is 13.2 Å². The van der Waals surface area contributed by atoms with Crippen LogP contribution in [0.3, 0.4) is 0 Å². The monoisotopic (exact) mass is 456 g/mol. The van der Waals surface area contributed by atoms with Crippen LogP contribution in [0.25, 0.3) is 0 Å². The van der Waals surface area contributed by atoms with Gasteiger partial charge in [0.25, 0.3) is 0 Å². The van der Waals surface area contributed by atoms with Crippen molar-refractivity contribution >= 4 is 0 Å². The number of aliphatic hydroxyl groups is 2. The molecule has 5 heteroatoms. The van der Waals surface area contributed by atoms with Gasteiger partial charge in [0.2, 0.25) is 0 Å². The maximum atomic E-state index is 12.8. The molecule has 0 aromatic rings. The van der Waals surface area contributed by atoms with Crippen molar-refractivity contribution < 1.29 is 23.4 Å². The largest absolute Gasteiger partial charge is 0.414 e. The second-order valence-corrected chi connectivity index (χ2v) is 12.4. The summed E-state index contributed by atoms with van der Waals surface area (Å²) in [7, 11) is 0. The molecule has 0 heterocycles. The number of aliphatic hydroxyl groups excluding tert-OH is 1. The van der Waals surface area contributed by atoms with E-state index in [1.54, 1.807) is 0 Å². The summed E-state index contributed by atoms with van der Waals surface area (Å²) in [4.78, 5) is 0. The van der Waals surface area contributed by atoms with Gasteiger partial charge in [0, 0.05) is 0 Å². The lowest BCUT2D eigenvalue weighted by atomic mass is 9.46. The number of rotatable bonds is 5. The highest BCUT2D eigenvalue weighted by Crippen LogP contribution is 2.67. The van der Waals surface area contributed by atoms with E-state index >= 15 is 0 Å². The smallest absolute Gasteiger partial charge is 0.390 e. The Bertz CT molecular complexity index is 733. The van der Waals surface area contributed by atoms with Crippen molar-refractivity contribution in [1.82, 2.24) is 0 Å². The van der Waals surface area contributed by atoms with Crippen molar-refractivity contribution in [3.05, 3.63) is 11.6 Å². The first kappa shape index (κ1) is 24.6. The maximum absolute atomic E-state index is 12.8. The molecular weight excluding hydrogens is 413 g/mol. The highest BCUT2D eigenvalue weighted by atomic mass is 19.4. The molecule has 0 aromatic heterocycles. The number of allylic oxidation sites excluding steroid dienone is 1. The van der Waals surface area contributed by atoms with Gasteiger partial charge in [-0.15, -0.1) is 0 Å². The highest BCUT2D eigenvalue weighted by molar-refractivity contribution is 5.27. The molecule has 0 bridgehead atoms. The third-order valence-electron chi connectivity index (χ3n) is 10.9. The second kappa shape index (κ2) is 8.29. The van der Waals surface area contributed by atoms with Crippen LogP contribution in [0.5, 0.6) is 0 Å². The predicted molar refractivity (Wildman–Crippen MR) is 121 cm³/mol. The predicted octanol–water partition coefficient (Wildman–Crippen LogP) is 7.05. The van der Waals surface area contributed by atoms with E-state index in [9.17, 15) is 23.4 Å². The van der Waals surface area contributed by atoms with Gasteiger partial charge in [-0.3, -0.25) is 0 Å². The Balaban J connectivity index is 1.48. The average Bonchev–Trinajstić information content (AvgIpc) is 3.09. The summed E-state index contributed by atoms with van der Waals surface area (Å²) in [5.41, 5.74) is 1.36. The molecule has 0 aliphatic heterocycles. The van der Waals surface area contributed by atoms with Crippen LogP contribution < -0.4 is 0 Å². The molecule has 4 aliphatic rings. The molecular formula is C27H43F3O2. The van der Waals surface area contributed by atoms with Crippen molar-refractivity contribution in [1.29, 1.82) is 0 Å². The van der Waals surface area contributed by atoms with Crippen LogP contribution in [0.4, 0.5) is 13.2 Å². The number of hydrogen-bond donors (Lipinski definition) is 2. The SMILES string of the molecule is CC[C@]1(O)CC[C@@]2(C)C(=CC[C@@H]3C2CC[C@@]2(C)C3CC[C@@H]2[C@H](C)CC[C@@H](O)C(F)(F)F)C1. The summed E-state index contributed by atoms with van der Waals surface area (Å²) in [6, 6.07) is 0. The van der Waals surface area contributed by atoms with Gasteiger partial charge in [0.15, 0.2) is 0 Å². The zero-order valence-corrected chi connectivity index (χ0v) is 20.3. The van der Waals surface area contributed by atoms with E-state index in [1.807, 2.05) is 0 Å². The number of alkyl halides is 3. The van der Waals surface area contributed by atoms with Crippen molar-refractivity contribution in [3.8, 4) is 0 Å². The van der Waals surface area contributed by atoms with E-state index in [-0.39, 0.29) is 23.2 Å². The van der Waals surface area contributed by atoms with E-state index in [1.165, 1.54) is 18.4 Å². The molecule has 2 nitrogen and oxygen atoms in total. The van der Waals surface area contributed by atoms with Crippen LogP contribution in [-0.4, -0.2) is 28.1 Å². The molecule has 0 saturated heterocycles. The minimum Gasteiger partial charge on any atom is -0.390 e. The number of fused-ring (bicyclic) bond motifs is 5. The Labute approximate surface area is 192 Å². The molecule has 2 unspecified atom stereocenters. The minimum absolute atomic E-state index is 0.182. The van der Waals surface area contributed by atoms with E-state index in [0.717, 1.165) is 44.9 Å².